The van der Waals surface area contributed by atoms with E-state index in [0.29, 0.717) is 39.2 Å². The van der Waals surface area contributed by atoms with Crippen molar-refractivity contribution in [3.63, 3.8) is 0 Å². The number of hydrogen-bond donors (Lipinski definition) is 1. The van der Waals surface area contributed by atoms with E-state index in [-0.39, 0.29) is 43.1 Å². The van der Waals surface area contributed by atoms with Crippen molar-refractivity contribution >= 4 is 23.1 Å². The summed E-state index contributed by atoms with van der Waals surface area (Å²) in [6.45, 7) is 5.52. The molecule has 51 heavy (non-hydrogen) atoms. The van der Waals surface area contributed by atoms with Crippen molar-refractivity contribution in [2.45, 2.75) is 52.0 Å². The summed E-state index contributed by atoms with van der Waals surface area (Å²) in [4.78, 5) is 33.9. The fourth-order valence-electron chi connectivity index (χ4n) is 5.26. The van der Waals surface area contributed by atoms with E-state index in [9.17, 15) is 14.0 Å². The van der Waals surface area contributed by atoms with Gasteiger partial charge in [0, 0.05) is 37.3 Å². The molecule has 3 aromatic carbocycles. The lowest BCUT2D eigenvalue weighted by Crippen LogP contribution is -2.39. The van der Waals surface area contributed by atoms with Crippen LogP contribution < -0.4 is 10.1 Å². The predicted octanol–water partition coefficient (Wildman–Crippen LogP) is 6.74. The minimum absolute atomic E-state index is 0.0943. The summed E-state index contributed by atoms with van der Waals surface area (Å²) < 4.78 is 53.6. The van der Waals surface area contributed by atoms with E-state index in [0.717, 1.165) is 6.07 Å². The van der Waals surface area contributed by atoms with Crippen molar-refractivity contribution < 1.29 is 37.3 Å². The van der Waals surface area contributed by atoms with Crippen molar-refractivity contribution in [2.75, 3.05) is 20.8 Å². The van der Waals surface area contributed by atoms with Gasteiger partial charge in [-0.05, 0) is 68.8 Å². The number of esters is 1. The number of aromatic nitrogens is 3. The van der Waals surface area contributed by atoms with Gasteiger partial charge in [-0.25, -0.2) is 28.3 Å². The van der Waals surface area contributed by atoms with Gasteiger partial charge in [-0.2, -0.15) is 5.26 Å². The molecule has 0 aliphatic rings. The second kappa shape index (κ2) is 15.8. The van der Waals surface area contributed by atoms with Gasteiger partial charge in [0.2, 0.25) is 5.88 Å². The number of carbonyl (C=O) groups is 2. The van der Waals surface area contributed by atoms with E-state index < -0.39 is 35.4 Å². The van der Waals surface area contributed by atoms with Crippen LogP contribution in [0.15, 0.2) is 72.8 Å². The third-order valence-electron chi connectivity index (χ3n) is 7.82. The van der Waals surface area contributed by atoms with Gasteiger partial charge in [0.05, 0.1) is 53.7 Å². The van der Waals surface area contributed by atoms with E-state index in [2.05, 4.69) is 10.3 Å². The van der Waals surface area contributed by atoms with Crippen LogP contribution in [0.3, 0.4) is 0 Å². The van der Waals surface area contributed by atoms with Gasteiger partial charge in [0.15, 0.2) is 0 Å². The summed E-state index contributed by atoms with van der Waals surface area (Å²) in [5.41, 5.74) is 2.58. The van der Waals surface area contributed by atoms with Crippen molar-refractivity contribution in [2.24, 2.45) is 0 Å². The fourth-order valence-corrected chi connectivity index (χ4v) is 5.26. The van der Waals surface area contributed by atoms with E-state index in [1.807, 2.05) is 10.6 Å². The summed E-state index contributed by atoms with van der Waals surface area (Å²) in [7, 11) is 2.81. The molecule has 0 aliphatic carbocycles. The molecule has 264 valence electrons. The molecule has 1 atom stereocenters. The second-order valence-electron chi connectivity index (χ2n) is 12.6. The summed E-state index contributed by atoms with van der Waals surface area (Å²) in [6.07, 6.45) is -1.03. The summed E-state index contributed by atoms with van der Waals surface area (Å²) in [6, 6.07) is 20.7. The van der Waals surface area contributed by atoms with Crippen LogP contribution in [0.5, 0.6) is 5.88 Å². The van der Waals surface area contributed by atoms with Crippen molar-refractivity contribution in [1.82, 2.24) is 19.9 Å². The lowest BCUT2D eigenvalue weighted by atomic mass is 10.1. The monoisotopic (exact) mass is 697 g/mol. The highest BCUT2D eigenvalue weighted by atomic mass is 19.1. The normalized spacial score (nSPS) is 11.9. The molecule has 0 aliphatic heterocycles. The fraction of sp³-hybridized carbons (Fsp3) is 0.289. The van der Waals surface area contributed by atoms with Crippen LogP contribution in [-0.4, -0.2) is 59.1 Å². The minimum Gasteiger partial charge on any atom is -0.473 e. The average molecular weight is 698 g/mol. The van der Waals surface area contributed by atoms with Gasteiger partial charge in [-0.1, -0.05) is 24.3 Å². The standard InChI is InChI=1S/C38H37F2N5O6/c1-38(2,3)51-37(47)42-20-28(48-4)21-45-33-17-26(36(46)49-5)13-14-32(33)43-34(45)18-24-11-12-25(16-30(24)40)31-7-6-8-35(44-31)50-22-27-10-9-23(19-41)15-29(27)39/h6-17,28H,18,20-22H2,1-5H3,(H,42,47). The van der Waals surface area contributed by atoms with Crippen molar-refractivity contribution in [3.05, 3.63) is 113 Å². The topological polar surface area (TPSA) is 138 Å². The number of alkyl carbamates (subject to hydrolysis) is 1. The molecule has 0 fully saturated rings. The number of nitrogens with one attached hydrogen (secondary N) is 1. The molecule has 1 unspecified atom stereocenters. The maximum absolute atomic E-state index is 15.8. The zero-order chi connectivity index (χ0) is 36.7. The number of ether oxygens (including phenoxy) is 4. The Hall–Kier alpha value is -5.87. The van der Waals surface area contributed by atoms with Crippen LogP contribution in [0.1, 0.15) is 53.6 Å². The number of imidazole rings is 1. The smallest absolute Gasteiger partial charge is 0.407 e. The number of hydrogen-bond acceptors (Lipinski definition) is 9. The van der Waals surface area contributed by atoms with Crippen molar-refractivity contribution in [3.8, 4) is 23.2 Å². The van der Waals surface area contributed by atoms with Crippen LogP contribution in [-0.2, 0) is 33.8 Å². The number of nitriles is 1. The zero-order valence-corrected chi connectivity index (χ0v) is 28.8. The Kier molecular flexibility index (Phi) is 11.3. The van der Waals surface area contributed by atoms with Gasteiger partial charge in [0.1, 0.15) is 29.7 Å². The number of fused-ring (bicyclic) bond motifs is 1. The Balaban J connectivity index is 1.38. The first-order valence-electron chi connectivity index (χ1n) is 16.0. The highest BCUT2D eigenvalue weighted by Crippen LogP contribution is 2.26. The highest BCUT2D eigenvalue weighted by Gasteiger charge is 2.22. The molecule has 0 bridgehead atoms. The van der Waals surface area contributed by atoms with Crippen LogP contribution in [0.2, 0.25) is 0 Å². The lowest BCUT2D eigenvalue weighted by Gasteiger charge is -2.22. The SMILES string of the molecule is COC(=O)c1ccc2nc(Cc3ccc(-c4cccc(OCc5ccc(C#N)cc5F)n4)cc3F)n(CC(CNC(=O)OC(C)(C)C)OC)c2c1. The number of benzene rings is 3. The molecule has 0 saturated heterocycles. The van der Waals surface area contributed by atoms with Crippen molar-refractivity contribution in [1.29, 1.82) is 5.26 Å². The maximum Gasteiger partial charge on any atom is 0.407 e. The van der Waals surface area contributed by atoms with E-state index in [1.54, 1.807) is 69.3 Å². The molecule has 0 saturated carbocycles. The Labute approximate surface area is 293 Å². The van der Waals surface area contributed by atoms with Gasteiger partial charge in [-0.3, -0.25) is 0 Å². The molecule has 0 radical (unpaired) electrons. The summed E-state index contributed by atoms with van der Waals surface area (Å²) in [5, 5.41) is 11.7. The molecule has 11 nitrogen and oxygen atoms in total. The summed E-state index contributed by atoms with van der Waals surface area (Å²) >= 11 is 0. The Morgan fingerprint density at radius 1 is 0.961 bits per heavy atom. The zero-order valence-electron chi connectivity index (χ0n) is 28.8. The minimum atomic E-state index is -0.676. The third kappa shape index (κ3) is 9.23. The number of halogens is 2. The Morgan fingerprint density at radius 3 is 2.41 bits per heavy atom. The predicted molar refractivity (Wildman–Crippen MR) is 184 cm³/mol. The maximum atomic E-state index is 15.8. The van der Waals surface area contributed by atoms with Gasteiger partial charge >= 0.3 is 12.1 Å². The number of pyridine rings is 1. The molecular formula is C38H37F2N5O6. The molecule has 0 spiro atoms. The van der Waals surface area contributed by atoms with Crippen LogP contribution in [0.25, 0.3) is 22.3 Å². The van der Waals surface area contributed by atoms with E-state index in [1.165, 1.54) is 32.4 Å². The second-order valence-corrected chi connectivity index (χ2v) is 12.6. The molecule has 5 rings (SSSR count). The van der Waals surface area contributed by atoms with Gasteiger partial charge in [0.25, 0.3) is 0 Å². The number of nitrogens with zero attached hydrogens (tertiary/aromatic N) is 4. The first kappa shape index (κ1) is 36.4. The number of carbonyl (C=O) groups excluding carboxylic acids is 2. The first-order chi connectivity index (χ1) is 24.4. The van der Waals surface area contributed by atoms with Crippen LogP contribution in [0.4, 0.5) is 13.6 Å². The molecule has 1 amide bonds. The van der Waals surface area contributed by atoms with E-state index >= 15 is 4.39 Å². The van der Waals surface area contributed by atoms with Crippen LogP contribution in [0, 0.1) is 23.0 Å². The highest BCUT2D eigenvalue weighted by molar-refractivity contribution is 5.93. The molecule has 5 aromatic rings. The quantitative estimate of drug-likeness (QED) is 0.141. The molecule has 13 heteroatoms. The average Bonchev–Trinajstić information content (AvgIpc) is 3.44. The number of amides is 1. The van der Waals surface area contributed by atoms with E-state index in [4.69, 9.17) is 29.2 Å². The molecular weight excluding hydrogens is 660 g/mol. The number of rotatable bonds is 12. The largest absolute Gasteiger partial charge is 0.473 e. The summed E-state index contributed by atoms with van der Waals surface area (Å²) in [5.74, 6) is -0.858. The lowest BCUT2D eigenvalue weighted by molar-refractivity contribution is 0.0436. The molecule has 1 N–H and O–H groups in total. The Morgan fingerprint density at radius 2 is 1.73 bits per heavy atom. The van der Waals surface area contributed by atoms with Crippen LogP contribution >= 0.6 is 0 Å². The molecule has 2 aromatic heterocycles. The van der Waals surface area contributed by atoms with Gasteiger partial charge in [-0.15, -0.1) is 0 Å². The third-order valence-corrected chi connectivity index (χ3v) is 7.82. The first-order valence-corrected chi connectivity index (χ1v) is 16.0. The number of methoxy groups -OCH3 is 2. The Bertz CT molecular complexity index is 2100. The van der Waals surface area contributed by atoms with Gasteiger partial charge < -0.3 is 28.8 Å². The molecule has 2 heterocycles.